The molecule has 0 radical (unpaired) electrons. The van der Waals surface area contributed by atoms with Gasteiger partial charge in [-0.1, -0.05) is 42.0 Å². The van der Waals surface area contributed by atoms with Gasteiger partial charge in [0, 0.05) is 12.3 Å². The minimum atomic E-state index is -0.220. The van der Waals surface area contributed by atoms with Gasteiger partial charge >= 0.3 is 0 Å². The molecule has 0 amide bonds. The van der Waals surface area contributed by atoms with Gasteiger partial charge in [0.2, 0.25) is 5.78 Å². The Morgan fingerprint density at radius 1 is 1.06 bits per heavy atom. The largest absolute Gasteiger partial charge is 0.291 e. The number of carbonyl (C=O) groups excluding carboxylic acids is 2. The van der Waals surface area contributed by atoms with Crippen LogP contribution in [0.1, 0.15) is 12.8 Å². The smallest absolute Gasteiger partial charge is 0.206 e. The molecule has 0 aromatic heterocycles. The number of hydrogen-bond donors (Lipinski definition) is 0. The second-order valence-corrected chi connectivity index (χ2v) is 4.44. The van der Waals surface area contributed by atoms with Crippen molar-refractivity contribution in [2.24, 2.45) is 11.8 Å². The van der Waals surface area contributed by atoms with Crippen LogP contribution in [0.3, 0.4) is 0 Å². The zero-order valence-electron chi connectivity index (χ0n) is 8.85. The van der Waals surface area contributed by atoms with Crippen molar-refractivity contribution in [3.8, 4) is 0 Å². The van der Waals surface area contributed by atoms with Crippen LogP contribution in [0.25, 0.3) is 0 Å². The van der Waals surface area contributed by atoms with E-state index in [4.69, 9.17) is 0 Å². The molecule has 0 heterocycles. The summed E-state index contributed by atoms with van der Waals surface area (Å²) in [4.78, 5) is 23.4. The van der Waals surface area contributed by atoms with Crippen molar-refractivity contribution in [3.63, 3.8) is 0 Å². The van der Waals surface area contributed by atoms with Crippen molar-refractivity contribution in [3.05, 3.63) is 47.6 Å². The molecule has 0 bridgehead atoms. The third-order valence-corrected chi connectivity index (χ3v) is 3.55. The lowest BCUT2D eigenvalue weighted by Crippen LogP contribution is -2.36. The molecule has 80 valence electrons. The van der Waals surface area contributed by atoms with Crippen molar-refractivity contribution >= 4 is 11.6 Å². The lowest BCUT2D eigenvalue weighted by molar-refractivity contribution is -0.139. The number of hydrogen-bond acceptors (Lipinski definition) is 2. The van der Waals surface area contributed by atoms with Gasteiger partial charge in [-0.05, 0) is 12.0 Å². The van der Waals surface area contributed by atoms with Crippen LogP contribution in [0, 0.1) is 11.8 Å². The molecule has 0 aromatic carbocycles. The van der Waals surface area contributed by atoms with E-state index in [1.807, 2.05) is 30.4 Å². The first-order valence-corrected chi connectivity index (χ1v) is 5.60. The van der Waals surface area contributed by atoms with Gasteiger partial charge in [0.15, 0.2) is 5.78 Å². The molecule has 0 spiro atoms. The molecule has 0 saturated heterocycles. The minimum absolute atomic E-state index is 0.0850. The number of fused-ring (bicyclic) bond motifs is 3. The Labute approximate surface area is 94.0 Å². The van der Waals surface area contributed by atoms with Gasteiger partial charge in [0.05, 0.1) is 5.92 Å². The molecule has 2 heteroatoms. The van der Waals surface area contributed by atoms with Crippen LogP contribution in [0.5, 0.6) is 0 Å². The molecule has 1 fully saturated rings. The van der Waals surface area contributed by atoms with E-state index in [1.165, 1.54) is 0 Å². The zero-order chi connectivity index (χ0) is 11.1. The number of Topliss-reactive ketones (excluding diaryl/α,β-unsaturated/α-hetero) is 2. The van der Waals surface area contributed by atoms with Gasteiger partial charge in [0.25, 0.3) is 0 Å². The molecule has 3 aliphatic rings. The lowest BCUT2D eigenvalue weighted by atomic mass is 9.68. The van der Waals surface area contributed by atoms with E-state index in [9.17, 15) is 9.59 Å². The van der Waals surface area contributed by atoms with Crippen LogP contribution < -0.4 is 0 Å². The van der Waals surface area contributed by atoms with Crippen molar-refractivity contribution in [1.82, 2.24) is 0 Å². The number of rotatable bonds is 0. The topological polar surface area (TPSA) is 34.1 Å². The van der Waals surface area contributed by atoms with Crippen LogP contribution in [0.4, 0.5) is 0 Å². The van der Waals surface area contributed by atoms with E-state index in [0.717, 1.165) is 17.6 Å². The average molecular weight is 212 g/mol. The summed E-state index contributed by atoms with van der Waals surface area (Å²) in [6, 6.07) is 0. The summed E-state index contributed by atoms with van der Waals surface area (Å²) >= 11 is 0. The number of allylic oxidation sites excluding steroid dienone is 8. The minimum Gasteiger partial charge on any atom is -0.291 e. The maximum atomic E-state index is 11.9. The summed E-state index contributed by atoms with van der Waals surface area (Å²) in [5.74, 6) is -0.538. The summed E-state index contributed by atoms with van der Waals surface area (Å²) in [6.07, 6.45) is 13.2. The molecule has 2 atom stereocenters. The van der Waals surface area contributed by atoms with Crippen LogP contribution in [-0.2, 0) is 9.59 Å². The molecule has 16 heavy (non-hydrogen) atoms. The fraction of sp³-hybridized carbons (Fsp3) is 0.286. The SMILES string of the molecule is O=C1CCC2=CC=C3C=CC=CC3C2C1=O. The Kier molecular flexibility index (Phi) is 2.03. The second kappa shape index (κ2) is 3.41. The van der Waals surface area contributed by atoms with Gasteiger partial charge in [-0.15, -0.1) is 0 Å². The van der Waals surface area contributed by atoms with Crippen LogP contribution in [0.15, 0.2) is 47.6 Å². The predicted octanol–water partition coefficient (Wildman–Crippen LogP) is 2.14. The summed E-state index contributed by atoms with van der Waals surface area (Å²) in [7, 11) is 0. The maximum absolute atomic E-state index is 11.9. The van der Waals surface area contributed by atoms with Gasteiger partial charge in [0.1, 0.15) is 0 Å². The van der Waals surface area contributed by atoms with E-state index < -0.39 is 0 Å². The van der Waals surface area contributed by atoms with E-state index in [-0.39, 0.29) is 23.4 Å². The highest BCUT2D eigenvalue weighted by Crippen LogP contribution is 2.40. The second-order valence-electron chi connectivity index (χ2n) is 4.44. The predicted molar refractivity (Wildman–Crippen MR) is 60.7 cm³/mol. The highest BCUT2D eigenvalue weighted by Gasteiger charge is 2.39. The summed E-state index contributed by atoms with van der Waals surface area (Å²) in [6.45, 7) is 0. The van der Waals surface area contributed by atoms with Gasteiger partial charge < -0.3 is 0 Å². The third kappa shape index (κ3) is 1.26. The molecular weight excluding hydrogens is 200 g/mol. The van der Waals surface area contributed by atoms with Gasteiger partial charge in [-0.3, -0.25) is 9.59 Å². The summed E-state index contributed by atoms with van der Waals surface area (Å²) in [5.41, 5.74) is 2.26. The third-order valence-electron chi connectivity index (χ3n) is 3.55. The Morgan fingerprint density at radius 3 is 2.81 bits per heavy atom. The Balaban J connectivity index is 2.06. The van der Waals surface area contributed by atoms with E-state index >= 15 is 0 Å². The van der Waals surface area contributed by atoms with Gasteiger partial charge in [-0.2, -0.15) is 0 Å². The standard InChI is InChI=1S/C14H12O2/c15-12-8-7-10-6-5-9-3-1-2-4-11(9)13(10)14(12)16/h1-6,11,13H,7-8H2. The first-order chi connectivity index (χ1) is 7.77. The Morgan fingerprint density at radius 2 is 1.94 bits per heavy atom. The molecule has 0 aromatic rings. The van der Waals surface area contributed by atoms with Gasteiger partial charge in [-0.25, -0.2) is 0 Å². The molecule has 3 aliphatic carbocycles. The van der Waals surface area contributed by atoms with Crippen molar-refractivity contribution in [1.29, 1.82) is 0 Å². The quantitative estimate of drug-likeness (QED) is 0.576. The zero-order valence-corrected chi connectivity index (χ0v) is 8.85. The average Bonchev–Trinajstić information content (AvgIpc) is 2.33. The van der Waals surface area contributed by atoms with E-state index in [0.29, 0.717) is 6.42 Å². The van der Waals surface area contributed by atoms with Crippen LogP contribution in [0.2, 0.25) is 0 Å². The highest BCUT2D eigenvalue weighted by molar-refractivity contribution is 6.39. The van der Waals surface area contributed by atoms with Crippen molar-refractivity contribution in [2.75, 3.05) is 0 Å². The molecule has 2 unspecified atom stereocenters. The monoisotopic (exact) mass is 212 g/mol. The fourth-order valence-electron chi connectivity index (χ4n) is 2.71. The summed E-state index contributed by atoms with van der Waals surface area (Å²) in [5, 5.41) is 0. The highest BCUT2D eigenvalue weighted by atomic mass is 16.2. The fourth-order valence-corrected chi connectivity index (χ4v) is 2.71. The number of ketones is 2. The van der Waals surface area contributed by atoms with E-state index in [2.05, 4.69) is 6.08 Å². The molecule has 2 nitrogen and oxygen atoms in total. The first kappa shape index (κ1) is 9.52. The Hall–Kier alpha value is -1.70. The van der Waals surface area contributed by atoms with E-state index in [1.54, 1.807) is 0 Å². The Bertz CT molecular complexity index is 489. The first-order valence-electron chi connectivity index (χ1n) is 5.60. The molecular formula is C14H12O2. The molecule has 3 rings (SSSR count). The maximum Gasteiger partial charge on any atom is 0.206 e. The molecule has 0 N–H and O–H groups in total. The normalized spacial score (nSPS) is 31.8. The molecule has 0 aliphatic heterocycles. The van der Waals surface area contributed by atoms with Crippen molar-refractivity contribution < 1.29 is 9.59 Å². The molecule has 1 saturated carbocycles. The summed E-state index contributed by atoms with van der Waals surface area (Å²) < 4.78 is 0. The van der Waals surface area contributed by atoms with Crippen LogP contribution >= 0.6 is 0 Å². The number of carbonyl (C=O) groups is 2. The lowest BCUT2D eigenvalue weighted by Gasteiger charge is -2.33. The van der Waals surface area contributed by atoms with Crippen LogP contribution in [-0.4, -0.2) is 11.6 Å². The van der Waals surface area contributed by atoms with Crippen molar-refractivity contribution in [2.45, 2.75) is 12.8 Å².